The quantitative estimate of drug-likeness (QED) is 0.0320. The van der Waals surface area contributed by atoms with Crippen molar-refractivity contribution in [2.24, 2.45) is 0 Å². The van der Waals surface area contributed by atoms with Crippen molar-refractivity contribution in [3.05, 3.63) is 12.2 Å². The first-order valence-corrected chi connectivity index (χ1v) is 36.0. The molecule has 0 heterocycles. The number of rotatable bonds is 68. The first kappa shape index (κ1) is 76.6. The molecule has 0 aromatic rings. The SMILES string of the molecule is CCCCCCCCCCCCCCCCCCCCCC/C=C/C(O)C(CO)NC(=O)CCCCCCCCCCCCCCCCCCCCCCCCCCOC(=O)CCCCCCCCCCCCCCCCC. The molecule has 2 atom stereocenters. The summed E-state index contributed by atoms with van der Waals surface area (Å²) >= 11 is 0. The normalized spacial score (nSPS) is 12.5. The number of hydrogen-bond acceptors (Lipinski definition) is 5. The van der Waals surface area contributed by atoms with E-state index in [0.29, 0.717) is 19.4 Å². The zero-order chi connectivity index (χ0) is 56.4. The predicted octanol–water partition coefficient (Wildman–Crippen LogP) is 23.1. The van der Waals surface area contributed by atoms with E-state index < -0.39 is 12.1 Å². The molecule has 2 unspecified atom stereocenters. The van der Waals surface area contributed by atoms with Gasteiger partial charge in [-0.05, 0) is 32.1 Å². The molecule has 464 valence electrons. The Morgan fingerprint density at radius 1 is 0.346 bits per heavy atom. The molecule has 0 rings (SSSR count). The highest BCUT2D eigenvalue weighted by Crippen LogP contribution is 2.19. The summed E-state index contributed by atoms with van der Waals surface area (Å²) in [6.45, 7) is 4.95. The van der Waals surface area contributed by atoms with Gasteiger partial charge >= 0.3 is 5.97 Å². The van der Waals surface area contributed by atoms with E-state index in [4.69, 9.17) is 4.74 Å². The Hall–Kier alpha value is -1.40. The highest BCUT2D eigenvalue weighted by molar-refractivity contribution is 5.76. The number of unbranched alkanes of at least 4 members (excludes halogenated alkanes) is 57. The lowest BCUT2D eigenvalue weighted by atomic mass is 10.0. The van der Waals surface area contributed by atoms with E-state index in [2.05, 4.69) is 19.2 Å². The van der Waals surface area contributed by atoms with Crippen molar-refractivity contribution in [2.45, 2.75) is 424 Å². The highest BCUT2D eigenvalue weighted by atomic mass is 16.5. The van der Waals surface area contributed by atoms with Crippen LogP contribution in [0.3, 0.4) is 0 Å². The Morgan fingerprint density at radius 3 is 0.872 bits per heavy atom. The van der Waals surface area contributed by atoms with E-state index in [-0.39, 0.29) is 18.5 Å². The van der Waals surface area contributed by atoms with Crippen LogP contribution in [-0.2, 0) is 14.3 Å². The van der Waals surface area contributed by atoms with Gasteiger partial charge in [-0.1, -0.05) is 379 Å². The summed E-state index contributed by atoms with van der Waals surface area (Å²) in [5.74, 6) is -0.0428. The van der Waals surface area contributed by atoms with Gasteiger partial charge in [0.2, 0.25) is 5.91 Å². The van der Waals surface area contributed by atoms with Crippen LogP contribution in [0.2, 0.25) is 0 Å². The molecule has 3 N–H and O–H groups in total. The molecule has 1 amide bonds. The molecule has 78 heavy (non-hydrogen) atoms. The van der Waals surface area contributed by atoms with Crippen molar-refractivity contribution in [2.75, 3.05) is 13.2 Å². The third-order valence-electron chi connectivity index (χ3n) is 17.1. The van der Waals surface area contributed by atoms with Crippen LogP contribution in [0, 0.1) is 0 Å². The summed E-state index contributed by atoms with van der Waals surface area (Å²) in [5.41, 5.74) is 0. The van der Waals surface area contributed by atoms with E-state index in [1.54, 1.807) is 6.08 Å². The molecule has 0 aliphatic heterocycles. The number of hydrogen-bond donors (Lipinski definition) is 3. The van der Waals surface area contributed by atoms with Crippen molar-refractivity contribution >= 4 is 11.9 Å². The summed E-state index contributed by atoms with van der Waals surface area (Å²) in [7, 11) is 0. The summed E-state index contributed by atoms with van der Waals surface area (Å²) in [6.07, 6.45) is 84.3. The molecule has 0 aliphatic carbocycles. The van der Waals surface area contributed by atoms with Gasteiger partial charge in [0.05, 0.1) is 25.4 Å². The van der Waals surface area contributed by atoms with Crippen LogP contribution >= 0.6 is 0 Å². The van der Waals surface area contributed by atoms with Crippen LogP contribution in [-0.4, -0.2) is 47.4 Å². The van der Waals surface area contributed by atoms with E-state index in [9.17, 15) is 19.8 Å². The first-order chi connectivity index (χ1) is 38.5. The monoisotopic (exact) mass is 1100 g/mol. The van der Waals surface area contributed by atoms with Crippen LogP contribution in [0.5, 0.6) is 0 Å². The van der Waals surface area contributed by atoms with Gasteiger partial charge in [0.15, 0.2) is 0 Å². The second-order valence-corrected chi connectivity index (χ2v) is 24.9. The topological polar surface area (TPSA) is 95.9 Å². The maximum Gasteiger partial charge on any atom is 0.305 e. The van der Waals surface area contributed by atoms with Crippen molar-refractivity contribution in [1.82, 2.24) is 5.32 Å². The Balaban J connectivity index is 3.38. The minimum atomic E-state index is -0.844. The van der Waals surface area contributed by atoms with Crippen LogP contribution in [0.25, 0.3) is 0 Å². The number of esters is 1. The molecule has 0 bridgehead atoms. The number of allylic oxidation sites excluding steroid dienone is 1. The molecule has 0 saturated carbocycles. The zero-order valence-corrected chi connectivity index (χ0v) is 53.2. The third-order valence-corrected chi connectivity index (χ3v) is 17.1. The summed E-state index contributed by atoms with van der Waals surface area (Å²) in [6, 6.07) is -0.627. The molecule has 0 aliphatic rings. The first-order valence-electron chi connectivity index (χ1n) is 36.0. The Labute approximate surface area is 489 Å². The van der Waals surface area contributed by atoms with Crippen LogP contribution in [0.4, 0.5) is 0 Å². The van der Waals surface area contributed by atoms with Crippen molar-refractivity contribution in [1.29, 1.82) is 0 Å². The van der Waals surface area contributed by atoms with Crippen LogP contribution < -0.4 is 5.32 Å². The van der Waals surface area contributed by atoms with Gasteiger partial charge in [0.25, 0.3) is 0 Å². The number of aliphatic hydroxyl groups is 2. The largest absolute Gasteiger partial charge is 0.466 e. The molecule has 6 nitrogen and oxygen atoms in total. The molecule has 0 saturated heterocycles. The molecule has 6 heteroatoms. The number of nitrogens with one attached hydrogen (secondary N) is 1. The number of aliphatic hydroxyl groups excluding tert-OH is 2. The lowest BCUT2D eigenvalue weighted by Gasteiger charge is -2.20. The predicted molar refractivity (Wildman–Crippen MR) is 343 cm³/mol. The zero-order valence-electron chi connectivity index (χ0n) is 53.2. The fraction of sp³-hybridized carbons (Fsp3) is 0.944. The average molecular weight is 1100 g/mol. The van der Waals surface area contributed by atoms with Gasteiger partial charge in [-0.3, -0.25) is 9.59 Å². The molecular formula is C72H141NO5. The molecule has 0 spiro atoms. The second-order valence-electron chi connectivity index (χ2n) is 24.9. The van der Waals surface area contributed by atoms with Crippen LogP contribution in [0.15, 0.2) is 12.2 Å². The Morgan fingerprint density at radius 2 is 0.590 bits per heavy atom. The lowest BCUT2D eigenvalue weighted by molar-refractivity contribution is -0.143. The van der Waals surface area contributed by atoms with Gasteiger partial charge in [-0.25, -0.2) is 0 Å². The standard InChI is InChI=1S/C72H141NO5/c1-3-5-7-9-11-13-15-17-19-20-21-22-27-30-33-37-40-44-48-52-56-60-64-70(75)69(68-74)73-71(76)65-61-57-53-49-45-41-38-34-31-28-25-23-24-26-29-32-35-39-43-47-51-55-59-63-67-78-72(77)66-62-58-54-50-46-42-36-18-16-14-12-10-8-6-4-2/h60,64,69-70,74-75H,3-59,61-63,65-68H2,1-2H3,(H,73,76)/b64-60+. The minimum absolute atomic E-state index is 0.0191. The highest BCUT2D eigenvalue weighted by Gasteiger charge is 2.18. The molecular weight excluding hydrogens is 959 g/mol. The third kappa shape index (κ3) is 63.8. The van der Waals surface area contributed by atoms with Crippen molar-refractivity contribution in [3.8, 4) is 0 Å². The average Bonchev–Trinajstić information content (AvgIpc) is 3.44. The maximum absolute atomic E-state index is 12.5. The maximum atomic E-state index is 12.5. The molecule has 0 aromatic heterocycles. The number of carbonyl (C=O) groups is 2. The summed E-state index contributed by atoms with van der Waals surface area (Å²) < 4.78 is 5.50. The minimum Gasteiger partial charge on any atom is -0.466 e. The van der Waals surface area contributed by atoms with Gasteiger partial charge in [-0.2, -0.15) is 0 Å². The van der Waals surface area contributed by atoms with Gasteiger partial charge < -0.3 is 20.3 Å². The molecule has 0 aromatic carbocycles. The second kappa shape index (κ2) is 68.1. The van der Waals surface area contributed by atoms with E-state index in [0.717, 1.165) is 38.5 Å². The number of amides is 1. The fourth-order valence-corrected chi connectivity index (χ4v) is 11.6. The van der Waals surface area contributed by atoms with E-state index in [1.807, 2.05) is 6.08 Å². The van der Waals surface area contributed by atoms with Gasteiger partial charge in [0, 0.05) is 12.8 Å². The lowest BCUT2D eigenvalue weighted by Crippen LogP contribution is -2.45. The number of ether oxygens (including phenoxy) is 1. The van der Waals surface area contributed by atoms with Crippen molar-refractivity contribution < 1.29 is 24.5 Å². The smallest absolute Gasteiger partial charge is 0.305 e. The Kier molecular flexibility index (Phi) is 66.9. The Bertz CT molecular complexity index is 1180. The molecule has 0 radical (unpaired) electrons. The number of carbonyl (C=O) groups excluding carboxylic acids is 2. The van der Waals surface area contributed by atoms with Gasteiger partial charge in [-0.15, -0.1) is 0 Å². The van der Waals surface area contributed by atoms with Gasteiger partial charge in [0.1, 0.15) is 0 Å². The van der Waals surface area contributed by atoms with E-state index >= 15 is 0 Å². The van der Waals surface area contributed by atoms with E-state index in [1.165, 1.54) is 347 Å². The fourth-order valence-electron chi connectivity index (χ4n) is 11.6. The summed E-state index contributed by atoms with van der Waals surface area (Å²) in [5, 5.41) is 23.3. The van der Waals surface area contributed by atoms with Crippen LogP contribution in [0.1, 0.15) is 412 Å². The van der Waals surface area contributed by atoms with Crippen molar-refractivity contribution in [3.63, 3.8) is 0 Å². The summed E-state index contributed by atoms with van der Waals surface area (Å²) in [4.78, 5) is 24.6. The molecule has 0 fully saturated rings.